The molecule has 0 amide bonds. The zero-order chi connectivity index (χ0) is 19.0. The molecular weight excluding hydrogens is 348 g/mol. The standard InChI is InChI=1S/C24H20N2O2/c1-5-13-21(14-6-1)25(22-15-7-2-8-16-22)27-28-26(23-17-9-3-10-18-23)24-19-11-4-12-20-24/h1-20H. The fourth-order valence-electron chi connectivity index (χ4n) is 2.79. The van der Waals surface area contributed by atoms with E-state index in [0.29, 0.717) is 0 Å². The molecule has 0 N–H and O–H groups in total. The summed E-state index contributed by atoms with van der Waals surface area (Å²) < 4.78 is 0. The molecule has 0 atom stereocenters. The molecule has 4 rings (SSSR count). The highest BCUT2D eigenvalue weighted by molar-refractivity contribution is 5.61. The largest absolute Gasteiger partial charge is 0.188 e. The third-order valence-corrected chi connectivity index (χ3v) is 4.15. The van der Waals surface area contributed by atoms with E-state index >= 15 is 0 Å². The fourth-order valence-corrected chi connectivity index (χ4v) is 2.79. The Morgan fingerprint density at radius 1 is 0.321 bits per heavy atom. The number of nitrogens with zero attached hydrogens (tertiary/aromatic N) is 2. The van der Waals surface area contributed by atoms with Crippen LogP contribution in [-0.4, -0.2) is 0 Å². The van der Waals surface area contributed by atoms with Crippen molar-refractivity contribution in [2.75, 3.05) is 10.1 Å². The summed E-state index contributed by atoms with van der Waals surface area (Å²) in [6.07, 6.45) is 0. The molecule has 4 nitrogen and oxygen atoms in total. The molecule has 0 fully saturated rings. The molecule has 4 aromatic carbocycles. The van der Waals surface area contributed by atoms with Crippen molar-refractivity contribution in [2.45, 2.75) is 0 Å². The van der Waals surface area contributed by atoms with Gasteiger partial charge in [-0.1, -0.05) is 82.8 Å². The molecule has 0 saturated carbocycles. The van der Waals surface area contributed by atoms with E-state index in [4.69, 9.17) is 9.98 Å². The van der Waals surface area contributed by atoms with Crippen LogP contribution in [0.2, 0.25) is 0 Å². The summed E-state index contributed by atoms with van der Waals surface area (Å²) in [7, 11) is 0. The number of hydrogen-bond donors (Lipinski definition) is 0. The first-order valence-corrected chi connectivity index (χ1v) is 9.07. The molecule has 28 heavy (non-hydrogen) atoms. The van der Waals surface area contributed by atoms with E-state index in [1.807, 2.05) is 121 Å². The average molecular weight is 368 g/mol. The quantitative estimate of drug-likeness (QED) is 0.277. The molecule has 0 aliphatic heterocycles. The normalized spacial score (nSPS) is 10.4. The lowest BCUT2D eigenvalue weighted by Crippen LogP contribution is -2.25. The van der Waals surface area contributed by atoms with E-state index in [9.17, 15) is 0 Å². The van der Waals surface area contributed by atoms with Gasteiger partial charge in [-0.05, 0) is 48.5 Å². The first-order valence-electron chi connectivity index (χ1n) is 9.07. The minimum absolute atomic E-state index is 0.856. The van der Waals surface area contributed by atoms with Crippen molar-refractivity contribution in [3.05, 3.63) is 121 Å². The maximum absolute atomic E-state index is 5.84. The minimum atomic E-state index is 0.856. The Bertz CT molecular complexity index is 802. The van der Waals surface area contributed by atoms with E-state index in [0.717, 1.165) is 22.7 Å². The van der Waals surface area contributed by atoms with Crippen LogP contribution in [0.25, 0.3) is 0 Å². The molecule has 0 aromatic heterocycles. The van der Waals surface area contributed by atoms with Crippen LogP contribution in [0.5, 0.6) is 0 Å². The highest BCUT2D eigenvalue weighted by Crippen LogP contribution is 2.29. The summed E-state index contributed by atoms with van der Waals surface area (Å²) in [5.41, 5.74) is 3.43. The molecule has 138 valence electrons. The van der Waals surface area contributed by atoms with Gasteiger partial charge in [-0.2, -0.15) is 10.1 Å². The number of rotatable bonds is 7. The van der Waals surface area contributed by atoms with Crippen molar-refractivity contribution >= 4 is 22.7 Å². The molecule has 0 unspecified atom stereocenters. The van der Waals surface area contributed by atoms with E-state index in [2.05, 4.69) is 0 Å². The second kappa shape index (κ2) is 8.86. The Morgan fingerprint density at radius 3 is 0.750 bits per heavy atom. The molecule has 0 heterocycles. The third-order valence-electron chi connectivity index (χ3n) is 4.15. The maximum Gasteiger partial charge on any atom is 0.0726 e. The summed E-state index contributed by atoms with van der Waals surface area (Å²) in [4.78, 5) is 11.7. The Kier molecular flexibility index (Phi) is 5.63. The molecule has 4 heteroatoms. The first-order chi connectivity index (χ1) is 13.9. The number of benzene rings is 4. The molecule has 0 aliphatic carbocycles. The zero-order valence-electron chi connectivity index (χ0n) is 15.3. The van der Waals surface area contributed by atoms with Crippen LogP contribution in [-0.2, 0) is 9.98 Å². The number of anilines is 4. The highest BCUT2D eigenvalue weighted by Gasteiger charge is 2.16. The van der Waals surface area contributed by atoms with Gasteiger partial charge in [-0.15, -0.1) is 0 Å². The SMILES string of the molecule is c1ccc(N(OON(c2ccccc2)c2ccccc2)c2ccccc2)cc1. The van der Waals surface area contributed by atoms with Crippen LogP contribution in [0.3, 0.4) is 0 Å². The van der Waals surface area contributed by atoms with E-state index in [-0.39, 0.29) is 0 Å². The van der Waals surface area contributed by atoms with E-state index in [1.54, 1.807) is 10.1 Å². The average Bonchev–Trinajstić information content (AvgIpc) is 2.79. The molecule has 0 spiro atoms. The summed E-state index contributed by atoms with van der Waals surface area (Å²) in [5.74, 6) is 0. The molecule has 0 saturated heterocycles. The van der Waals surface area contributed by atoms with Crippen LogP contribution in [0, 0.1) is 0 Å². The Morgan fingerprint density at radius 2 is 0.536 bits per heavy atom. The van der Waals surface area contributed by atoms with E-state index < -0.39 is 0 Å². The lowest BCUT2D eigenvalue weighted by Gasteiger charge is -2.27. The summed E-state index contributed by atoms with van der Waals surface area (Å²) in [5, 5.41) is 3.30. The van der Waals surface area contributed by atoms with Gasteiger partial charge >= 0.3 is 0 Å². The van der Waals surface area contributed by atoms with Crippen molar-refractivity contribution in [3.63, 3.8) is 0 Å². The second-order valence-corrected chi connectivity index (χ2v) is 6.08. The maximum atomic E-state index is 5.84. The third kappa shape index (κ3) is 4.20. The zero-order valence-corrected chi connectivity index (χ0v) is 15.3. The monoisotopic (exact) mass is 368 g/mol. The van der Waals surface area contributed by atoms with Crippen molar-refractivity contribution in [1.82, 2.24) is 0 Å². The van der Waals surface area contributed by atoms with Crippen molar-refractivity contribution in [1.29, 1.82) is 0 Å². The molecular formula is C24H20N2O2. The van der Waals surface area contributed by atoms with Gasteiger partial charge in [0.15, 0.2) is 0 Å². The summed E-state index contributed by atoms with van der Waals surface area (Å²) in [6.45, 7) is 0. The summed E-state index contributed by atoms with van der Waals surface area (Å²) >= 11 is 0. The van der Waals surface area contributed by atoms with Gasteiger partial charge < -0.3 is 0 Å². The van der Waals surface area contributed by atoms with Crippen LogP contribution >= 0.6 is 0 Å². The van der Waals surface area contributed by atoms with Gasteiger partial charge in [0.2, 0.25) is 0 Å². The van der Waals surface area contributed by atoms with Crippen molar-refractivity contribution in [3.8, 4) is 0 Å². The topological polar surface area (TPSA) is 24.9 Å². The van der Waals surface area contributed by atoms with Gasteiger partial charge in [-0.25, -0.2) is 0 Å². The highest BCUT2D eigenvalue weighted by atomic mass is 17.3. The molecule has 0 aliphatic rings. The lowest BCUT2D eigenvalue weighted by atomic mass is 10.2. The Labute approximate surface area is 164 Å². The molecule has 0 radical (unpaired) electrons. The molecule has 0 bridgehead atoms. The van der Waals surface area contributed by atoms with Crippen LogP contribution in [0.4, 0.5) is 22.7 Å². The van der Waals surface area contributed by atoms with E-state index in [1.165, 1.54) is 0 Å². The Hall–Kier alpha value is -3.60. The predicted octanol–water partition coefficient (Wildman–Crippen LogP) is 6.44. The van der Waals surface area contributed by atoms with Crippen molar-refractivity contribution in [2.24, 2.45) is 0 Å². The Balaban J connectivity index is 1.64. The van der Waals surface area contributed by atoms with Gasteiger partial charge in [0.05, 0.1) is 22.7 Å². The second-order valence-electron chi connectivity index (χ2n) is 6.08. The number of hydrogen-bond acceptors (Lipinski definition) is 4. The molecule has 4 aromatic rings. The summed E-state index contributed by atoms with van der Waals surface area (Å²) in [6, 6.07) is 39.2. The first kappa shape index (κ1) is 17.8. The van der Waals surface area contributed by atoms with Gasteiger partial charge in [-0.3, -0.25) is 0 Å². The van der Waals surface area contributed by atoms with Crippen LogP contribution < -0.4 is 10.1 Å². The number of para-hydroxylation sites is 4. The predicted molar refractivity (Wildman–Crippen MR) is 112 cm³/mol. The lowest BCUT2D eigenvalue weighted by molar-refractivity contribution is -0.297. The van der Waals surface area contributed by atoms with Gasteiger partial charge in [0.1, 0.15) is 0 Å². The van der Waals surface area contributed by atoms with Gasteiger partial charge in [0.25, 0.3) is 0 Å². The smallest absolute Gasteiger partial charge is 0.0726 e. The van der Waals surface area contributed by atoms with Crippen LogP contribution in [0.15, 0.2) is 121 Å². The van der Waals surface area contributed by atoms with Gasteiger partial charge in [0, 0.05) is 0 Å². The minimum Gasteiger partial charge on any atom is -0.188 e. The van der Waals surface area contributed by atoms with Crippen molar-refractivity contribution < 1.29 is 9.98 Å². The fraction of sp³-hybridized carbons (Fsp3) is 0. The van der Waals surface area contributed by atoms with Crippen LogP contribution in [0.1, 0.15) is 0 Å².